The number of halogens is 1. The molecule has 3 heterocycles. The summed E-state index contributed by atoms with van der Waals surface area (Å²) in [4.78, 5) is 8.68. The van der Waals surface area contributed by atoms with Gasteiger partial charge in [-0.15, -0.1) is 0 Å². The number of pyridine rings is 1. The second kappa shape index (κ2) is 8.94. The van der Waals surface area contributed by atoms with E-state index in [4.69, 9.17) is 16.2 Å². The minimum atomic E-state index is -0.571. The summed E-state index contributed by atoms with van der Waals surface area (Å²) in [7, 11) is 0. The van der Waals surface area contributed by atoms with Crippen molar-refractivity contribution in [3.8, 4) is 23.3 Å². The summed E-state index contributed by atoms with van der Waals surface area (Å²) < 4.78 is 20.0. The molecule has 170 valence electrons. The predicted molar refractivity (Wildman–Crippen MR) is 123 cm³/mol. The number of aliphatic hydroxyl groups is 1. The summed E-state index contributed by atoms with van der Waals surface area (Å²) in [6.45, 7) is 7.43. The molecule has 4 rings (SSSR count). The molecule has 32 heavy (non-hydrogen) atoms. The lowest BCUT2D eigenvalue weighted by Crippen LogP contribution is -2.44. The Hall–Kier alpha value is -2.86. The first-order valence-corrected chi connectivity index (χ1v) is 10.9. The van der Waals surface area contributed by atoms with Gasteiger partial charge in [-0.2, -0.15) is 0 Å². The molecule has 0 spiro atoms. The van der Waals surface area contributed by atoms with Crippen molar-refractivity contribution in [3.63, 3.8) is 0 Å². The molecular weight excluding hydrogens is 409 g/mol. The molecule has 0 amide bonds. The van der Waals surface area contributed by atoms with Crippen LogP contribution in [0.25, 0.3) is 0 Å². The second-order valence-electron chi connectivity index (χ2n) is 8.95. The molecule has 8 heteroatoms. The first-order chi connectivity index (χ1) is 15.2. The van der Waals surface area contributed by atoms with Gasteiger partial charge >= 0.3 is 0 Å². The van der Waals surface area contributed by atoms with Gasteiger partial charge in [0, 0.05) is 43.1 Å². The van der Waals surface area contributed by atoms with Gasteiger partial charge in [-0.1, -0.05) is 11.8 Å². The maximum Gasteiger partial charge on any atom is 0.167 e. The lowest BCUT2D eigenvalue weighted by molar-refractivity contribution is 0.0968. The number of nitrogens with two attached hydrogens (primary N) is 2. The van der Waals surface area contributed by atoms with E-state index in [2.05, 4.69) is 26.6 Å². The number of nitrogens with zero attached hydrogens (tertiary/aromatic N) is 3. The third-order valence-corrected chi connectivity index (χ3v) is 6.27. The van der Waals surface area contributed by atoms with Crippen molar-refractivity contribution < 1.29 is 14.2 Å². The summed E-state index contributed by atoms with van der Waals surface area (Å²) in [5.41, 5.74) is 11.9. The minimum Gasteiger partial charge on any atom is -0.453 e. The number of rotatable bonds is 4. The Bertz CT molecular complexity index is 1040. The lowest BCUT2D eigenvalue weighted by Gasteiger charge is -2.31. The zero-order valence-corrected chi connectivity index (χ0v) is 18.5. The molecule has 2 aliphatic rings. The van der Waals surface area contributed by atoms with Gasteiger partial charge in [0.2, 0.25) is 0 Å². The maximum atomic E-state index is 14.2. The van der Waals surface area contributed by atoms with E-state index in [0.29, 0.717) is 23.5 Å². The molecule has 0 bridgehead atoms. The number of likely N-dealkylation sites (tertiary alicyclic amines) is 2. The van der Waals surface area contributed by atoms with Crippen LogP contribution in [0.5, 0.6) is 11.5 Å². The molecule has 2 saturated heterocycles. The number of benzene rings is 1. The first-order valence-electron chi connectivity index (χ1n) is 10.9. The Kier molecular flexibility index (Phi) is 6.24. The number of β-amino-alcohol motifs (C(OH)–C–C–N with tert-alkyl or cyclic N) is 1. The molecule has 0 saturated carbocycles. The van der Waals surface area contributed by atoms with E-state index in [9.17, 15) is 9.50 Å². The molecule has 0 radical (unpaired) electrons. The van der Waals surface area contributed by atoms with Crippen LogP contribution in [0, 0.1) is 17.7 Å². The van der Waals surface area contributed by atoms with Crippen molar-refractivity contribution in [1.29, 1.82) is 0 Å². The molecule has 7 nitrogen and oxygen atoms in total. The van der Waals surface area contributed by atoms with Crippen molar-refractivity contribution in [3.05, 3.63) is 41.8 Å². The van der Waals surface area contributed by atoms with Gasteiger partial charge in [0.15, 0.2) is 11.6 Å². The van der Waals surface area contributed by atoms with Gasteiger partial charge < -0.3 is 21.3 Å². The van der Waals surface area contributed by atoms with Crippen molar-refractivity contribution in [2.75, 3.05) is 37.6 Å². The third kappa shape index (κ3) is 4.65. The van der Waals surface area contributed by atoms with E-state index in [1.807, 2.05) is 13.8 Å². The van der Waals surface area contributed by atoms with Crippen LogP contribution < -0.4 is 16.2 Å². The van der Waals surface area contributed by atoms with Crippen LogP contribution >= 0.6 is 0 Å². The summed E-state index contributed by atoms with van der Waals surface area (Å²) in [5, 5.41) is 10.6. The SMILES string of the molecule is CC(C)(C#Cc1c(Oc2ccc(N)cc2F)ccnc1N)N1C[C@@H](O)[C@H](N2CCCC2)C1. The molecule has 0 unspecified atom stereocenters. The van der Waals surface area contributed by atoms with Crippen LogP contribution in [-0.2, 0) is 0 Å². The Morgan fingerprint density at radius 2 is 1.91 bits per heavy atom. The van der Waals surface area contributed by atoms with Gasteiger partial charge in [-0.05, 0) is 51.9 Å². The third-order valence-electron chi connectivity index (χ3n) is 6.27. The van der Waals surface area contributed by atoms with Crippen LogP contribution in [0.15, 0.2) is 30.5 Å². The largest absolute Gasteiger partial charge is 0.453 e. The molecule has 0 aliphatic carbocycles. The standard InChI is InChI=1S/C24H30FN5O2/c1-24(2,30-14-19(20(31)15-30)29-11-3-4-12-29)9-7-17-21(8-10-28-23(17)27)32-22-6-5-16(26)13-18(22)25/h5-6,8,10,13,19-20,31H,3-4,11-12,14-15,26H2,1-2H3,(H2,27,28)/t19-,20-/m1/s1. The monoisotopic (exact) mass is 439 g/mol. The fourth-order valence-electron chi connectivity index (χ4n) is 4.34. The molecule has 2 fully saturated rings. The summed E-state index contributed by atoms with van der Waals surface area (Å²) in [5.74, 6) is 6.36. The lowest BCUT2D eigenvalue weighted by atomic mass is 10.0. The number of hydrogen-bond donors (Lipinski definition) is 3. The quantitative estimate of drug-likeness (QED) is 0.497. The highest BCUT2D eigenvalue weighted by Crippen LogP contribution is 2.31. The molecular formula is C24H30FN5O2. The predicted octanol–water partition coefficient (Wildman–Crippen LogP) is 2.45. The van der Waals surface area contributed by atoms with Crippen LogP contribution in [0.1, 0.15) is 32.3 Å². The van der Waals surface area contributed by atoms with E-state index in [0.717, 1.165) is 19.6 Å². The zero-order valence-electron chi connectivity index (χ0n) is 18.5. The molecule has 5 N–H and O–H groups in total. The fourth-order valence-corrected chi connectivity index (χ4v) is 4.34. The summed E-state index contributed by atoms with van der Waals surface area (Å²) in [6, 6.07) is 5.96. The molecule has 2 atom stereocenters. The van der Waals surface area contributed by atoms with Gasteiger partial charge in [-0.3, -0.25) is 9.80 Å². The molecule has 1 aromatic heterocycles. The van der Waals surface area contributed by atoms with Gasteiger partial charge in [0.05, 0.1) is 11.6 Å². The highest BCUT2D eigenvalue weighted by molar-refractivity contribution is 5.60. The van der Waals surface area contributed by atoms with E-state index >= 15 is 0 Å². The maximum absolute atomic E-state index is 14.2. The average Bonchev–Trinajstić information content (AvgIpc) is 3.39. The van der Waals surface area contributed by atoms with Gasteiger partial charge in [0.1, 0.15) is 17.1 Å². The second-order valence-corrected chi connectivity index (χ2v) is 8.95. The van der Waals surface area contributed by atoms with E-state index in [1.54, 1.807) is 12.1 Å². The zero-order chi connectivity index (χ0) is 22.9. The minimum absolute atomic E-state index is 0.0308. The van der Waals surface area contributed by atoms with Crippen LogP contribution in [0.3, 0.4) is 0 Å². The molecule has 1 aromatic carbocycles. The van der Waals surface area contributed by atoms with Crippen LogP contribution in [0.4, 0.5) is 15.9 Å². The normalized spacial score (nSPS) is 22.0. The Balaban J connectivity index is 1.56. The smallest absolute Gasteiger partial charge is 0.167 e. The van der Waals surface area contributed by atoms with E-state index < -0.39 is 17.5 Å². The van der Waals surface area contributed by atoms with Gasteiger partial charge in [0.25, 0.3) is 0 Å². The number of hydrogen-bond acceptors (Lipinski definition) is 7. The van der Waals surface area contributed by atoms with E-state index in [-0.39, 0.29) is 17.6 Å². The molecule has 2 aliphatic heterocycles. The Morgan fingerprint density at radius 1 is 1.16 bits per heavy atom. The topological polar surface area (TPSA) is 101 Å². The average molecular weight is 440 g/mol. The number of ether oxygens (including phenoxy) is 1. The Labute approximate surface area is 188 Å². The van der Waals surface area contributed by atoms with E-state index in [1.165, 1.54) is 31.2 Å². The van der Waals surface area contributed by atoms with Crippen LogP contribution in [0.2, 0.25) is 0 Å². The van der Waals surface area contributed by atoms with Gasteiger partial charge in [-0.25, -0.2) is 9.37 Å². The first kappa shape index (κ1) is 22.3. The highest BCUT2D eigenvalue weighted by Gasteiger charge is 2.41. The number of nitrogen functional groups attached to an aromatic ring is 2. The van der Waals surface area contributed by atoms with Crippen LogP contribution in [-0.4, -0.2) is 63.8 Å². The number of aromatic nitrogens is 1. The highest BCUT2D eigenvalue weighted by atomic mass is 19.1. The fraction of sp³-hybridized carbons (Fsp3) is 0.458. The van der Waals surface area contributed by atoms with Crippen molar-refractivity contribution >= 4 is 11.5 Å². The molecule has 2 aromatic rings. The van der Waals surface area contributed by atoms with Crippen molar-refractivity contribution in [2.24, 2.45) is 0 Å². The Morgan fingerprint density at radius 3 is 2.62 bits per heavy atom. The summed E-state index contributed by atoms with van der Waals surface area (Å²) in [6.07, 6.45) is 3.46. The summed E-state index contributed by atoms with van der Waals surface area (Å²) >= 11 is 0. The van der Waals surface area contributed by atoms with Crippen molar-refractivity contribution in [1.82, 2.24) is 14.8 Å². The number of aliphatic hydroxyl groups excluding tert-OH is 1. The van der Waals surface area contributed by atoms with Crippen molar-refractivity contribution in [2.45, 2.75) is 44.4 Å². The number of anilines is 2.